The molecule has 4 aromatic rings. The summed E-state index contributed by atoms with van der Waals surface area (Å²) in [6.45, 7) is 2.12. The van der Waals surface area contributed by atoms with Crippen LogP contribution in [-0.4, -0.2) is 31.7 Å². The third-order valence-electron chi connectivity index (χ3n) is 8.97. The first-order valence-electron chi connectivity index (χ1n) is 16.4. The van der Waals surface area contributed by atoms with Crippen molar-refractivity contribution in [2.24, 2.45) is 17.4 Å². The maximum atomic E-state index is 12.7. The van der Waals surface area contributed by atoms with Crippen LogP contribution in [0.25, 0.3) is 10.9 Å². The number of rotatable bonds is 10. The van der Waals surface area contributed by atoms with Gasteiger partial charge in [-0.3, -0.25) is 4.79 Å². The van der Waals surface area contributed by atoms with Crippen molar-refractivity contribution in [1.82, 2.24) is 9.55 Å². The standard InChI is InChI=1S/C38H42N4O5/c1-2-3-4-7-29(43)20-30(44)12-8-24-9-15-35-36(17-24)47-38-25(6-5-16-46-35)11-14-34(45)31-13-10-26(37(39)40)18-27(31)19-28-21-41-33-23-42(38)22-32(28)33/h9-10,13,15,17-18,21-23,25,29,34,37-38,41,43,45H,2-4,6-8,12,19-20,39-40H2,1H3/t25-,29+,34+,38-/m0/s1. The lowest BCUT2D eigenvalue weighted by molar-refractivity contribution is -0.121. The van der Waals surface area contributed by atoms with E-state index in [1.54, 1.807) is 0 Å². The average molecular weight is 635 g/mol. The summed E-state index contributed by atoms with van der Waals surface area (Å²) in [6, 6.07) is 11.2. The number of benzene rings is 2. The number of nitrogens with zero attached hydrogens (tertiary/aromatic N) is 1. The van der Waals surface area contributed by atoms with E-state index in [9.17, 15) is 15.0 Å². The molecular weight excluding hydrogens is 592 g/mol. The van der Waals surface area contributed by atoms with Crippen LogP contribution in [0.5, 0.6) is 11.5 Å². The third-order valence-corrected chi connectivity index (χ3v) is 8.97. The Morgan fingerprint density at radius 3 is 2.81 bits per heavy atom. The van der Waals surface area contributed by atoms with Gasteiger partial charge in [0.25, 0.3) is 0 Å². The molecule has 6 rings (SSSR count). The number of aliphatic hydroxyl groups excluding tert-OH is 2. The Kier molecular flexibility index (Phi) is 10.0. The summed E-state index contributed by atoms with van der Waals surface area (Å²) in [4.78, 5) is 16.0. The fraction of sp³-hybridized carbons (Fsp3) is 0.395. The maximum Gasteiger partial charge on any atom is 0.190 e. The summed E-state index contributed by atoms with van der Waals surface area (Å²) in [5.41, 5.74) is 17.2. The van der Waals surface area contributed by atoms with E-state index in [1.807, 2.05) is 53.4 Å². The fourth-order valence-corrected chi connectivity index (χ4v) is 6.31. The van der Waals surface area contributed by atoms with E-state index >= 15 is 0 Å². The molecule has 244 valence electrons. The second-order valence-electron chi connectivity index (χ2n) is 12.6. The number of carbonyl (C=O) groups is 1. The molecule has 0 amide bonds. The van der Waals surface area contributed by atoms with E-state index in [2.05, 4.69) is 42.0 Å². The molecule has 7 N–H and O–H groups in total. The van der Waals surface area contributed by atoms with Gasteiger partial charge in [-0.1, -0.05) is 68.2 Å². The number of Topliss-reactive ketones (excluding diaryl/α,β-unsaturated/α-hetero) is 1. The molecule has 2 bridgehead atoms. The summed E-state index contributed by atoms with van der Waals surface area (Å²) in [5.74, 6) is 10.0. The molecule has 2 aliphatic rings. The highest BCUT2D eigenvalue weighted by atomic mass is 16.5. The van der Waals surface area contributed by atoms with E-state index in [0.717, 1.165) is 52.4 Å². The zero-order valence-corrected chi connectivity index (χ0v) is 26.7. The summed E-state index contributed by atoms with van der Waals surface area (Å²) < 4.78 is 14.5. The van der Waals surface area contributed by atoms with E-state index < -0.39 is 30.5 Å². The topological polar surface area (TPSA) is 149 Å². The molecule has 4 atom stereocenters. The predicted molar refractivity (Wildman–Crippen MR) is 180 cm³/mol. The SMILES string of the molecule is CCCCC[C@@H](O)CC(=O)CCc1ccc2c(c1)O[C@H]1[C@H](C#C[C@@H](O)c3ccc(C(N)N)cc3Cc3c[nH]c4cn1cc34)CC#CO2. The van der Waals surface area contributed by atoms with Crippen LogP contribution in [0.1, 0.15) is 98.2 Å². The van der Waals surface area contributed by atoms with E-state index in [0.29, 0.717) is 49.2 Å². The van der Waals surface area contributed by atoms with Crippen LogP contribution in [0.2, 0.25) is 0 Å². The molecule has 0 aliphatic carbocycles. The van der Waals surface area contributed by atoms with Gasteiger partial charge >= 0.3 is 0 Å². The van der Waals surface area contributed by atoms with E-state index in [-0.39, 0.29) is 12.2 Å². The van der Waals surface area contributed by atoms with Gasteiger partial charge in [0, 0.05) is 49.7 Å². The maximum absolute atomic E-state index is 12.7. The first-order valence-corrected chi connectivity index (χ1v) is 16.4. The number of hydrogen-bond acceptors (Lipinski definition) is 7. The number of aromatic nitrogens is 2. The van der Waals surface area contributed by atoms with Gasteiger partial charge in [-0.25, -0.2) is 0 Å². The molecule has 2 aromatic carbocycles. The summed E-state index contributed by atoms with van der Waals surface area (Å²) >= 11 is 0. The average Bonchev–Trinajstić information content (AvgIpc) is 3.65. The number of nitrogens with two attached hydrogens (primary N) is 2. The van der Waals surface area contributed by atoms with Crippen molar-refractivity contribution in [3.8, 4) is 35.4 Å². The Bertz CT molecular complexity index is 1870. The lowest BCUT2D eigenvalue weighted by atomic mass is 9.93. The highest BCUT2D eigenvalue weighted by molar-refractivity contribution is 5.83. The van der Waals surface area contributed by atoms with Gasteiger partial charge in [-0.15, -0.1) is 0 Å². The summed E-state index contributed by atoms with van der Waals surface area (Å²) in [7, 11) is 0. The Hall–Kier alpha value is -4.51. The molecule has 0 unspecified atom stereocenters. The lowest BCUT2D eigenvalue weighted by Gasteiger charge is -2.26. The molecule has 0 radical (unpaired) electrons. The van der Waals surface area contributed by atoms with Crippen molar-refractivity contribution in [3.63, 3.8) is 0 Å². The zero-order chi connectivity index (χ0) is 32.9. The van der Waals surface area contributed by atoms with Gasteiger partial charge < -0.3 is 40.7 Å². The Balaban J connectivity index is 1.30. The minimum Gasteiger partial charge on any atom is -0.465 e. The van der Waals surface area contributed by atoms with Crippen LogP contribution in [0.15, 0.2) is 55.0 Å². The monoisotopic (exact) mass is 634 g/mol. The number of carbonyl (C=O) groups excluding carboxylic acids is 1. The van der Waals surface area contributed by atoms with Crippen LogP contribution in [0.4, 0.5) is 0 Å². The van der Waals surface area contributed by atoms with Gasteiger partial charge in [0.05, 0.1) is 23.7 Å². The Morgan fingerprint density at radius 1 is 1.11 bits per heavy atom. The fourth-order valence-electron chi connectivity index (χ4n) is 6.31. The van der Waals surface area contributed by atoms with Crippen molar-refractivity contribution >= 4 is 16.7 Å². The highest BCUT2D eigenvalue weighted by Crippen LogP contribution is 2.37. The number of fused-ring (bicyclic) bond motifs is 5. The normalized spacial score (nSPS) is 19.1. The minimum atomic E-state index is -1.05. The third kappa shape index (κ3) is 7.56. The van der Waals surface area contributed by atoms with Gasteiger partial charge in [-0.05, 0) is 52.8 Å². The molecule has 0 saturated carbocycles. The van der Waals surface area contributed by atoms with Gasteiger partial charge in [0.1, 0.15) is 18.0 Å². The quantitative estimate of drug-likeness (QED) is 0.0904. The molecule has 0 spiro atoms. The Labute approximate surface area is 275 Å². The molecule has 0 fully saturated rings. The minimum absolute atomic E-state index is 0.0377. The number of hydrogen-bond donors (Lipinski definition) is 5. The van der Waals surface area contributed by atoms with Crippen molar-refractivity contribution in [2.45, 2.75) is 89.3 Å². The molecule has 0 saturated heterocycles. The van der Waals surface area contributed by atoms with Gasteiger partial charge in [0.15, 0.2) is 17.7 Å². The van der Waals surface area contributed by atoms with E-state index in [4.69, 9.17) is 20.9 Å². The second kappa shape index (κ2) is 14.5. The second-order valence-corrected chi connectivity index (χ2v) is 12.6. The number of aliphatic hydroxyl groups is 2. The van der Waals surface area contributed by atoms with Gasteiger partial charge in [-0.2, -0.15) is 0 Å². The lowest BCUT2D eigenvalue weighted by Crippen LogP contribution is -2.23. The van der Waals surface area contributed by atoms with Crippen LogP contribution >= 0.6 is 0 Å². The number of nitrogens with one attached hydrogen (secondary N) is 1. The molecule has 9 heteroatoms. The molecule has 47 heavy (non-hydrogen) atoms. The first kappa shape index (κ1) is 32.4. The molecule has 4 heterocycles. The number of aryl methyl sites for hydroxylation is 1. The Morgan fingerprint density at radius 2 is 1.98 bits per heavy atom. The van der Waals surface area contributed by atoms with Crippen LogP contribution in [0, 0.1) is 29.8 Å². The van der Waals surface area contributed by atoms with Crippen LogP contribution in [0.3, 0.4) is 0 Å². The van der Waals surface area contributed by atoms with Crippen molar-refractivity contribution in [2.75, 3.05) is 0 Å². The first-order chi connectivity index (χ1) is 22.8. The zero-order valence-electron chi connectivity index (χ0n) is 26.7. The van der Waals surface area contributed by atoms with Crippen molar-refractivity contribution < 1.29 is 24.5 Å². The summed E-state index contributed by atoms with van der Waals surface area (Å²) in [6.07, 6.45) is 11.6. The number of unbranched alkanes of at least 4 members (excludes halogenated alkanes) is 2. The van der Waals surface area contributed by atoms with Crippen molar-refractivity contribution in [1.29, 1.82) is 0 Å². The number of aromatic amines is 1. The van der Waals surface area contributed by atoms with Crippen LogP contribution < -0.4 is 20.9 Å². The highest BCUT2D eigenvalue weighted by Gasteiger charge is 2.28. The number of ketones is 1. The molecule has 2 aromatic heterocycles. The van der Waals surface area contributed by atoms with Gasteiger partial charge in [0.2, 0.25) is 0 Å². The summed E-state index contributed by atoms with van der Waals surface area (Å²) in [5, 5.41) is 22.6. The molecule has 2 aliphatic heterocycles. The predicted octanol–water partition coefficient (Wildman–Crippen LogP) is 5.30. The van der Waals surface area contributed by atoms with Crippen LogP contribution in [-0.2, 0) is 17.6 Å². The molecular formula is C38H42N4O5. The largest absolute Gasteiger partial charge is 0.465 e. The van der Waals surface area contributed by atoms with E-state index in [1.165, 1.54) is 0 Å². The number of ether oxygens (including phenoxy) is 2. The smallest absolute Gasteiger partial charge is 0.190 e. The molecule has 9 nitrogen and oxygen atoms in total. The number of H-pyrrole nitrogens is 1. The van der Waals surface area contributed by atoms with Crippen molar-refractivity contribution in [3.05, 3.63) is 82.8 Å².